The van der Waals surface area contributed by atoms with Crippen LogP contribution in [0.2, 0.25) is 10.0 Å². The van der Waals surface area contributed by atoms with E-state index in [4.69, 9.17) is 23.2 Å². The van der Waals surface area contributed by atoms with Gasteiger partial charge in [0, 0.05) is 31.7 Å². The van der Waals surface area contributed by atoms with Crippen LogP contribution in [0.5, 0.6) is 0 Å². The Balaban J connectivity index is 1.53. The van der Waals surface area contributed by atoms with Gasteiger partial charge in [0.1, 0.15) is 10.7 Å². The lowest BCUT2D eigenvalue weighted by atomic mass is 10.2. The van der Waals surface area contributed by atoms with Gasteiger partial charge in [-0.3, -0.25) is 4.79 Å². The van der Waals surface area contributed by atoms with Crippen LogP contribution in [-0.4, -0.2) is 44.8 Å². The van der Waals surface area contributed by atoms with E-state index in [2.05, 4.69) is 5.32 Å². The van der Waals surface area contributed by atoms with Crippen LogP contribution in [0.1, 0.15) is 10.4 Å². The van der Waals surface area contributed by atoms with E-state index in [0.717, 1.165) is 17.8 Å². The third-order valence-electron chi connectivity index (χ3n) is 5.37. The van der Waals surface area contributed by atoms with E-state index < -0.39 is 26.6 Å². The maximum absolute atomic E-state index is 14.6. The van der Waals surface area contributed by atoms with E-state index in [-0.39, 0.29) is 18.7 Å². The molecule has 172 valence electrons. The molecule has 33 heavy (non-hydrogen) atoms. The van der Waals surface area contributed by atoms with E-state index in [0.29, 0.717) is 28.8 Å². The predicted molar refractivity (Wildman–Crippen MR) is 128 cm³/mol. The molecule has 3 aromatic carbocycles. The van der Waals surface area contributed by atoms with E-state index in [1.165, 1.54) is 10.4 Å². The fourth-order valence-corrected chi connectivity index (χ4v) is 5.57. The Kier molecular flexibility index (Phi) is 6.90. The summed E-state index contributed by atoms with van der Waals surface area (Å²) in [5.41, 5.74) is 1.19. The zero-order chi connectivity index (χ0) is 23.6. The van der Waals surface area contributed by atoms with Crippen LogP contribution in [0.4, 0.5) is 15.8 Å². The van der Waals surface area contributed by atoms with Crippen LogP contribution in [0, 0.1) is 5.82 Å². The SMILES string of the molecule is O=C(Nc1ccccc1Cl)c1ccc(F)c(S(=O)(=O)N2CCN(c3ccccc3Cl)CC2)c1. The lowest BCUT2D eigenvalue weighted by Crippen LogP contribution is -2.48. The summed E-state index contributed by atoms with van der Waals surface area (Å²) >= 11 is 12.3. The molecule has 0 radical (unpaired) electrons. The largest absolute Gasteiger partial charge is 0.368 e. The fraction of sp³-hybridized carbons (Fsp3) is 0.174. The van der Waals surface area contributed by atoms with Gasteiger partial charge in [-0.2, -0.15) is 4.31 Å². The number of anilines is 2. The Morgan fingerprint density at radius 1 is 0.879 bits per heavy atom. The van der Waals surface area contributed by atoms with Gasteiger partial charge >= 0.3 is 0 Å². The van der Waals surface area contributed by atoms with Gasteiger partial charge in [-0.05, 0) is 42.5 Å². The van der Waals surface area contributed by atoms with Crippen molar-refractivity contribution in [2.24, 2.45) is 0 Å². The molecule has 0 aliphatic carbocycles. The first-order valence-corrected chi connectivity index (χ1v) is 12.3. The second-order valence-electron chi connectivity index (χ2n) is 7.42. The third kappa shape index (κ3) is 4.99. The van der Waals surface area contributed by atoms with Crippen molar-refractivity contribution in [2.45, 2.75) is 4.90 Å². The number of sulfonamides is 1. The van der Waals surface area contributed by atoms with E-state index in [9.17, 15) is 17.6 Å². The van der Waals surface area contributed by atoms with Crippen molar-refractivity contribution in [1.82, 2.24) is 4.31 Å². The Morgan fingerprint density at radius 3 is 2.18 bits per heavy atom. The van der Waals surface area contributed by atoms with Gasteiger partial charge in [-0.25, -0.2) is 12.8 Å². The number of carbonyl (C=O) groups is 1. The molecule has 1 fully saturated rings. The minimum absolute atomic E-state index is 0.00426. The highest BCUT2D eigenvalue weighted by Crippen LogP contribution is 2.28. The van der Waals surface area contributed by atoms with Crippen molar-refractivity contribution in [3.05, 3.63) is 88.2 Å². The molecule has 0 atom stereocenters. The van der Waals surface area contributed by atoms with Crippen LogP contribution >= 0.6 is 23.2 Å². The molecule has 1 N–H and O–H groups in total. The summed E-state index contributed by atoms with van der Waals surface area (Å²) < 4.78 is 42.2. The van der Waals surface area contributed by atoms with Crippen molar-refractivity contribution in [3.63, 3.8) is 0 Å². The van der Waals surface area contributed by atoms with Crippen molar-refractivity contribution >= 4 is 50.5 Å². The Hall–Kier alpha value is -2.65. The van der Waals surface area contributed by atoms with Crippen molar-refractivity contribution in [1.29, 1.82) is 0 Å². The molecular weight excluding hydrogens is 488 g/mol. The number of nitrogens with one attached hydrogen (secondary N) is 1. The van der Waals surface area contributed by atoms with E-state index >= 15 is 0 Å². The summed E-state index contributed by atoms with van der Waals surface area (Å²) in [5, 5.41) is 3.52. The highest BCUT2D eigenvalue weighted by molar-refractivity contribution is 7.89. The summed E-state index contributed by atoms with van der Waals surface area (Å²) in [6, 6.07) is 17.2. The van der Waals surface area contributed by atoms with Crippen LogP contribution in [0.15, 0.2) is 71.6 Å². The number of benzene rings is 3. The molecule has 0 saturated carbocycles. The number of halogens is 3. The Morgan fingerprint density at radius 2 is 1.52 bits per heavy atom. The number of rotatable bonds is 5. The normalized spacial score (nSPS) is 14.8. The second kappa shape index (κ2) is 9.69. The number of piperazine rings is 1. The summed E-state index contributed by atoms with van der Waals surface area (Å²) in [6.07, 6.45) is 0. The summed E-state index contributed by atoms with van der Waals surface area (Å²) in [6.45, 7) is 1.11. The highest BCUT2D eigenvalue weighted by Gasteiger charge is 2.31. The molecule has 3 aromatic rings. The average molecular weight is 508 g/mol. The molecule has 0 unspecified atom stereocenters. The zero-order valence-corrected chi connectivity index (χ0v) is 19.7. The first-order chi connectivity index (χ1) is 15.8. The van der Waals surface area contributed by atoms with Crippen molar-refractivity contribution < 1.29 is 17.6 Å². The molecule has 0 aromatic heterocycles. The summed E-state index contributed by atoms with van der Waals surface area (Å²) in [5.74, 6) is -1.51. The number of hydrogen-bond donors (Lipinski definition) is 1. The van der Waals surface area contributed by atoms with Gasteiger partial charge in [-0.15, -0.1) is 0 Å². The van der Waals surface area contributed by atoms with E-state index in [1.807, 2.05) is 23.1 Å². The Bertz CT molecular complexity index is 1300. The standard InChI is InChI=1S/C23H20Cl2FN3O3S/c24-17-5-1-3-7-20(17)27-23(30)16-9-10-19(26)22(15-16)33(31,32)29-13-11-28(12-14-29)21-8-4-2-6-18(21)25/h1-10,15H,11-14H2,(H,27,30). The van der Waals surface area contributed by atoms with Gasteiger partial charge < -0.3 is 10.2 Å². The van der Waals surface area contributed by atoms with Gasteiger partial charge in [0.2, 0.25) is 10.0 Å². The molecule has 0 bridgehead atoms. The molecule has 6 nitrogen and oxygen atoms in total. The molecule has 1 amide bonds. The van der Waals surface area contributed by atoms with Gasteiger partial charge in [0.25, 0.3) is 5.91 Å². The second-order valence-corrected chi connectivity index (χ2v) is 10.1. The molecule has 1 aliphatic rings. The maximum atomic E-state index is 14.6. The van der Waals surface area contributed by atoms with Crippen LogP contribution in [0.25, 0.3) is 0 Å². The minimum Gasteiger partial charge on any atom is -0.368 e. The third-order valence-corrected chi connectivity index (χ3v) is 7.93. The zero-order valence-electron chi connectivity index (χ0n) is 17.3. The highest BCUT2D eigenvalue weighted by atomic mass is 35.5. The number of para-hydroxylation sites is 2. The van der Waals surface area contributed by atoms with Crippen molar-refractivity contribution in [3.8, 4) is 0 Å². The number of nitrogens with zero attached hydrogens (tertiary/aromatic N) is 2. The predicted octanol–water partition coefficient (Wildman–Crippen LogP) is 4.90. The molecular formula is C23H20Cl2FN3O3S. The molecule has 0 spiro atoms. The monoisotopic (exact) mass is 507 g/mol. The number of carbonyl (C=O) groups excluding carboxylic acids is 1. The number of hydrogen-bond acceptors (Lipinski definition) is 4. The molecule has 1 saturated heterocycles. The fourth-order valence-electron chi connectivity index (χ4n) is 3.62. The average Bonchev–Trinajstić information content (AvgIpc) is 2.81. The minimum atomic E-state index is -4.15. The Labute approximate surface area is 201 Å². The molecule has 10 heteroatoms. The first-order valence-electron chi connectivity index (χ1n) is 10.1. The van der Waals surface area contributed by atoms with E-state index in [1.54, 1.807) is 30.3 Å². The molecule has 1 heterocycles. The van der Waals surface area contributed by atoms with Gasteiger partial charge in [0.15, 0.2) is 0 Å². The lowest BCUT2D eigenvalue weighted by Gasteiger charge is -2.35. The van der Waals surface area contributed by atoms with Gasteiger partial charge in [0.05, 0.1) is 21.4 Å². The lowest BCUT2D eigenvalue weighted by molar-refractivity contribution is 0.102. The van der Waals surface area contributed by atoms with Crippen LogP contribution < -0.4 is 10.2 Å². The topological polar surface area (TPSA) is 69.7 Å². The summed E-state index contributed by atoms with van der Waals surface area (Å²) in [4.78, 5) is 14.1. The smallest absolute Gasteiger partial charge is 0.255 e. The maximum Gasteiger partial charge on any atom is 0.255 e. The quantitative estimate of drug-likeness (QED) is 0.533. The first kappa shape index (κ1) is 23.5. The molecule has 4 rings (SSSR count). The van der Waals surface area contributed by atoms with Crippen LogP contribution in [-0.2, 0) is 10.0 Å². The summed E-state index contributed by atoms with van der Waals surface area (Å²) in [7, 11) is -4.15. The van der Waals surface area contributed by atoms with Gasteiger partial charge in [-0.1, -0.05) is 47.5 Å². The van der Waals surface area contributed by atoms with Crippen LogP contribution in [0.3, 0.4) is 0 Å². The van der Waals surface area contributed by atoms with Crippen molar-refractivity contribution in [2.75, 3.05) is 36.4 Å². The number of amides is 1. The molecule has 1 aliphatic heterocycles.